The van der Waals surface area contributed by atoms with Gasteiger partial charge in [-0.05, 0) is 38.5 Å². The zero-order chi connectivity index (χ0) is 14.2. The molecule has 0 unspecified atom stereocenters. The summed E-state index contributed by atoms with van der Waals surface area (Å²) in [5.41, 5.74) is 0.841. The van der Waals surface area contributed by atoms with Gasteiger partial charge in [0.2, 0.25) is 0 Å². The van der Waals surface area contributed by atoms with Crippen LogP contribution in [0.15, 0.2) is 24.3 Å². The van der Waals surface area contributed by atoms with Crippen molar-refractivity contribution in [3.63, 3.8) is 0 Å². The molecule has 0 heterocycles. The van der Waals surface area contributed by atoms with E-state index in [1.165, 1.54) is 0 Å². The molecule has 0 fully saturated rings. The average molecular weight is 253 g/mol. The monoisotopic (exact) mass is 253 g/mol. The predicted molar refractivity (Wildman–Crippen MR) is 73.6 cm³/mol. The number of carbonyl (C=O) groups excluding carboxylic acids is 1. The summed E-state index contributed by atoms with van der Waals surface area (Å²) in [5, 5.41) is 11.5. The quantitative estimate of drug-likeness (QED) is 0.847. The van der Waals surface area contributed by atoms with Gasteiger partial charge in [0.15, 0.2) is 0 Å². The Balaban J connectivity index is 0.00000137. The van der Waals surface area contributed by atoms with Crippen LogP contribution in [0.3, 0.4) is 0 Å². The molecule has 4 nitrogen and oxygen atoms in total. The van der Waals surface area contributed by atoms with Crippen LogP contribution >= 0.6 is 0 Å². The van der Waals surface area contributed by atoms with E-state index in [9.17, 15) is 4.79 Å². The third-order valence-electron chi connectivity index (χ3n) is 1.75. The van der Waals surface area contributed by atoms with Crippen molar-refractivity contribution in [2.75, 3.05) is 5.32 Å². The van der Waals surface area contributed by atoms with E-state index in [2.05, 4.69) is 5.32 Å². The highest BCUT2D eigenvalue weighted by Gasteiger charge is 2.16. The molecule has 0 spiro atoms. The van der Waals surface area contributed by atoms with Gasteiger partial charge in [0.1, 0.15) is 5.60 Å². The molecule has 0 atom stereocenters. The van der Waals surface area contributed by atoms with Crippen LogP contribution in [0.25, 0.3) is 0 Å². The molecule has 0 saturated heterocycles. The van der Waals surface area contributed by atoms with Gasteiger partial charge in [-0.2, -0.15) is 0 Å². The summed E-state index contributed by atoms with van der Waals surface area (Å²) < 4.78 is 5.10. The van der Waals surface area contributed by atoms with E-state index in [-0.39, 0.29) is 6.61 Å². The Morgan fingerprint density at radius 2 is 1.94 bits per heavy atom. The van der Waals surface area contributed by atoms with Gasteiger partial charge in [-0.3, -0.25) is 5.32 Å². The highest BCUT2D eigenvalue weighted by Crippen LogP contribution is 2.13. The molecule has 102 valence electrons. The molecule has 1 aromatic rings. The van der Waals surface area contributed by atoms with Crippen molar-refractivity contribution in [1.29, 1.82) is 0 Å². The minimum atomic E-state index is -0.515. The minimum absolute atomic E-state index is 0.0517. The van der Waals surface area contributed by atoms with Crippen molar-refractivity contribution < 1.29 is 14.6 Å². The van der Waals surface area contributed by atoms with Gasteiger partial charge in [0.25, 0.3) is 0 Å². The van der Waals surface area contributed by atoms with Crippen molar-refractivity contribution in [3.05, 3.63) is 29.8 Å². The number of hydrogen-bond acceptors (Lipinski definition) is 3. The van der Waals surface area contributed by atoms with Gasteiger partial charge in [-0.25, -0.2) is 4.79 Å². The number of ether oxygens (including phenoxy) is 1. The van der Waals surface area contributed by atoms with Crippen LogP contribution in [0, 0.1) is 0 Å². The number of aliphatic hydroxyl groups excluding tert-OH is 1. The van der Waals surface area contributed by atoms with Crippen molar-refractivity contribution in [2.45, 2.75) is 46.8 Å². The Morgan fingerprint density at radius 1 is 1.33 bits per heavy atom. The lowest BCUT2D eigenvalue weighted by Crippen LogP contribution is -2.27. The first-order valence-corrected chi connectivity index (χ1v) is 6.10. The van der Waals surface area contributed by atoms with E-state index in [0.29, 0.717) is 5.69 Å². The minimum Gasteiger partial charge on any atom is -0.444 e. The number of hydrogen-bond donors (Lipinski definition) is 2. The Morgan fingerprint density at radius 3 is 2.44 bits per heavy atom. The lowest BCUT2D eigenvalue weighted by molar-refractivity contribution is 0.0636. The molecule has 1 rings (SSSR count). The summed E-state index contributed by atoms with van der Waals surface area (Å²) in [6, 6.07) is 6.98. The first-order valence-electron chi connectivity index (χ1n) is 6.10. The number of carbonyl (C=O) groups is 1. The van der Waals surface area contributed by atoms with Gasteiger partial charge in [-0.15, -0.1) is 0 Å². The summed E-state index contributed by atoms with van der Waals surface area (Å²) >= 11 is 0. The predicted octanol–water partition coefficient (Wildman–Crippen LogP) is 3.55. The van der Waals surface area contributed by atoms with E-state index in [4.69, 9.17) is 9.84 Å². The summed E-state index contributed by atoms with van der Waals surface area (Å²) in [6.45, 7) is 9.36. The fourth-order valence-electron chi connectivity index (χ4n) is 1.17. The smallest absolute Gasteiger partial charge is 0.412 e. The molecule has 18 heavy (non-hydrogen) atoms. The molecule has 0 bridgehead atoms. The SMILES string of the molecule is CC.CC(C)(C)OC(=O)Nc1cccc(CO)c1. The van der Waals surface area contributed by atoms with Crippen LogP contribution in [0.2, 0.25) is 0 Å². The molecular weight excluding hydrogens is 230 g/mol. The first-order chi connectivity index (χ1) is 8.40. The molecule has 0 aliphatic heterocycles. The van der Waals surface area contributed by atoms with Crippen molar-refractivity contribution in [3.8, 4) is 0 Å². The van der Waals surface area contributed by atoms with Crippen LogP contribution in [0.1, 0.15) is 40.2 Å². The van der Waals surface area contributed by atoms with Crippen molar-refractivity contribution in [1.82, 2.24) is 0 Å². The highest BCUT2D eigenvalue weighted by molar-refractivity contribution is 5.84. The number of aliphatic hydroxyl groups is 1. The van der Waals surface area contributed by atoms with E-state index < -0.39 is 11.7 Å². The second kappa shape index (κ2) is 7.71. The maximum absolute atomic E-state index is 11.4. The van der Waals surface area contributed by atoms with E-state index in [0.717, 1.165) is 5.56 Å². The average Bonchev–Trinajstić information content (AvgIpc) is 2.29. The topological polar surface area (TPSA) is 58.6 Å². The molecule has 1 aromatic carbocycles. The first kappa shape index (κ1) is 16.4. The maximum Gasteiger partial charge on any atom is 0.412 e. The van der Waals surface area contributed by atoms with Gasteiger partial charge in [0.05, 0.1) is 6.61 Å². The van der Waals surface area contributed by atoms with Crippen LogP contribution < -0.4 is 5.32 Å². The summed E-state index contributed by atoms with van der Waals surface area (Å²) in [5.74, 6) is 0. The van der Waals surface area contributed by atoms with Gasteiger partial charge >= 0.3 is 6.09 Å². The molecule has 0 aliphatic rings. The van der Waals surface area contributed by atoms with E-state index in [1.807, 2.05) is 13.8 Å². The number of rotatable bonds is 2. The van der Waals surface area contributed by atoms with Gasteiger partial charge in [-0.1, -0.05) is 26.0 Å². The lowest BCUT2D eigenvalue weighted by Gasteiger charge is -2.19. The van der Waals surface area contributed by atoms with Crippen molar-refractivity contribution >= 4 is 11.8 Å². The maximum atomic E-state index is 11.4. The normalized spacial score (nSPS) is 10.1. The molecule has 0 aliphatic carbocycles. The van der Waals surface area contributed by atoms with Crippen LogP contribution in [0.4, 0.5) is 10.5 Å². The second-order valence-electron chi connectivity index (χ2n) is 4.49. The fourth-order valence-corrected chi connectivity index (χ4v) is 1.17. The summed E-state index contributed by atoms with van der Waals surface area (Å²) in [6.07, 6.45) is -0.498. The lowest BCUT2D eigenvalue weighted by atomic mass is 10.2. The van der Waals surface area contributed by atoms with Crippen LogP contribution in [0.5, 0.6) is 0 Å². The number of anilines is 1. The Bertz CT molecular complexity index is 370. The van der Waals surface area contributed by atoms with Crippen LogP contribution in [-0.2, 0) is 11.3 Å². The standard InChI is InChI=1S/C12H17NO3.C2H6/c1-12(2,3)16-11(15)13-10-6-4-5-9(7-10)8-14;1-2/h4-7,14H,8H2,1-3H3,(H,13,15);1-2H3. The number of amides is 1. The highest BCUT2D eigenvalue weighted by atomic mass is 16.6. The van der Waals surface area contributed by atoms with Gasteiger partial charge < -0.3 is 9.84 Å². The Labute approximate surface area is 109 Å². The molecule has 0 radical (unpaired) electrons. The molecule has 4 heteroatoms. The molecule has 0 saturated carbocycles. The largest absolute Gasteiger partial charge is 0.444 e. The number of benzene rings is 1. The fraction of sp³-hybridized carbons (Fsp3) is 0.500. The van der Waals surface area contributed by atoms with Crippen molar-refractivity contribution in [2.24, 2.45) is 0 Å². The number of nitrogens with one attached hydrogen (secondary N) is 1. The third kappa shape index (κ3) is 6.91. The summed E-state index contributed by atoms with van der Waals surface area (Å²) in [7, 11) is 0. The third-order valence-corrected chi connectivity index (χ3v) is 1.75. The zero-order valence-corrected chi connectivity index (χ0v) is 11.8. The molecular formula is C14H23NO3. The van der Waals surface area contributed by atoms with E-state index >= 15 is 0 Å². The Hall–Kier alpha value is -1.55. The second-order valence-corrected chi connectivity index (χ2v) is 4.49. The molecule has 0 aromatic heterocycles. The summed E-state index contributed by atoms with van der Waals surface area (Å²) in [4.78, 5) is 11.4. The molecule has 1 amide bonds. The Kier molecular flexibility index (Phi) is 7.05. The van der Waals surface area contributed by atoms with E-state index in [1.54, 1.807) is 45.0 Å². The molecule has 2 N–H and O–H groups in total. The van der Waals surface area contributed by atoms with Gasteiger partial charge in [0, 0.05) is 5.69 Å². The van der Waals surface area contributed by atoms with Crippen LogP contribution in [-0.4, -0.2) is 16.8 Å². The zero-order valence-electron chi connectivity index (χ0n) is 11.8.